The Morgan fingerprint density at radius 2 is 2.26 bits per heavy atom. The number of nitrogens with two attached hydrogens (primary N) is 1. The molecule has 2 heterocycles. The van der Waals surface area contributed by atoms with E-state index in [9.17, 15) is 9.90 Å². The number of fused-ring (bicyclic) bond motifs is 1. The topological polar surface area (TPSA) is 92.3 Å². The van der Waals surface area contributed by atoms with E-state index in [0.717, 1.165) is 16.6 Å². The number of carboxylic acid groups (broad SMARTS) is 1. The molecule has 1 aromatic heterocycles. The van der Waals surface area contributed by atoms with Gasteiger partial charge in [-0.2, -0.15) is 8.75 Å². The number of benzene rings is 1. The summed E-state index contributed by atoms with van der Waals surface area (Å²) < 4.78 is 8.34. The van der Waals surface area contributed by atoms with Gasteiger partial charge in [0.1, 0.15) is 17.1 Å². The van der Waals surface area contributed by atoms with E-state index in [-0.39, 0.29) is 6.04 Å². The van der Waals surface area contributed by atoms with Crippen molar-refractivity contribution in [1.29, 1.82) is 0 Å². The summed E-state index contributed by atoms with van der Waals surface area (Å²) >= 11 is 1.18. The Morgan fingerprint density at radius 3 is 3.05 bits per heavy atom. The Balaban J connectivity index is 1.81. The highest BCUT2D eigenvalue weighted by Gasteiger charge is 2.34. The van der Waals surface area contributed by atoms with E-state index >= 15 is 0 Å². The molecule has 1 aromatic carbocycles. The van der Waals surface area contributed by atoms with Gasteiger partial charge in [-0.15, -0.1) is 0 Å². The molecule has 1 aliphatic heterocycles. The van der Waals surface area contributed by atoms with Crippen molar-refractivity contribution in [2.75, 3.05) is 6.54 Å². The first-order valence-corrected chi connectivity index (χ1v) is 6.80. The van der Waals surface area contributed by atoms with E-state index in [1.165, 1.54) is 11.7 Å². The molecule has 0 amide bonds. The highest BCUT2D eigenvalue weighted by Crippen LogP contribution is 2.21. The number of carbonyl (C=O) groups is 1. The van der Waals surface area contributed by atoms with Gasteiger partial charge in [0, 0.05) is 19.1 Å². The van der Waals surface area contributed by atoms with Gasteiger partial charge >= 0.3 is 5.97 Å². The first-order valence-electron chi connectivity index (χ1n) is 6.07. The molecule has 0 bridgehead atoms. The number of aromatic nitrogens is 2. The van der Waals surface area contributed by atoms with E-state index in [2.05, 4.69) is 8.75 Å². The molecule has 2 aromatic rings. The summed E-state index contributed by atoms with van der Waals surface area (Å²) in [5.74, 6) is -0.802. The van der Waals surface area contributed by atoms with Crippen LogP contribution in [-0.2, 0) is 11.3 Å². The summed E-state index contributed by atoms with van der Waals surface area (Å²) in [6.07, 6.45) is 0.510. The fourth-order valence-corrected chi connectivity index (χ4v) is 3.05. The minimum absolute atomic E-state index is 0.0641. The maximum absolute atomic E-state index is 11.2. The molecule has 0 aliphatic carbocycles. The third-order valence-corrected chi connectivity index (χ3v) is 3.98. The van der Waals surface area contributed by atoms with Crippen molar-refractivity contribution in [3.63, 3.8) is 0 Å². The van der Waals surface area contributed by atoms with Crippen LogP contribution in [0.5, 0.6) is 0 Å². The monoisotopic (exact) mass is 278 g/mol. The molecule has 0 unspecified atom stereocenters. The van der Waals surface area contributed by atoms with Crippen LogP contribution in [0, 0.1) is 0 Å². The van der Waals surface area contributed by atoms with Crippen molar-refractivity contribution >= 4 is 28.7 Å². The maximum Gasteiger partial charge on any atom is 0.320 e. The highest BCUT2D eigenvalue weighted by atomic mass is 32.1. The average Bonchev–Trinajstić information content (AvgIpc) is 2.95. The number of carboxylic acids is 1. The van der Waals surface area contributed by atoms with E-state index in [1.54, 1.807) is 0 Å². The second-order valence-corrected chi connectivity index (χ2v) is 5.39. The molecule has 1 aliphatic rings. The number of nitrogens with zero attached hydrogens (tertiary/aromatic N) is 3. The summed E-state index contributed by atoms with van der Waals surface area (Å²) in [5.41, 5.74) is 8.63. The van der Waals surface area contributed by atoms with Gasteiger partial charge in [0.2, 0.25) is 0 Å². The van der Waals surface area contributed by atoms with Crippen molar-refractivity contribution in [3.05, 3.63) is 23.8 Å². The Morgan fingerprint density at radius 1 is 1.47 bits per heavy atom. The van der Waals surface area contributed by atoms with Crippen molar-refractivity contribution in [3.8, 4) is 0 Å². The fourth-order valence-electron chi connectivity index (χ4n) is 2.53. The van der Waals surface area contributed by atoms with Crippen molar-refractivity contribution in [1.82, 2.24) is 13.6 Å². The second kappa shape index (κ2) is 4.84. The molecule has 0 saturated carbocycles. The SMILES string of the molecule is N[C@H]1C[C@@H](C(=O)O)N(Cc2ccc3nsnc3c2)C1. The lowest BCUT2D eigenvalue weighted by atomic mass is 10.1. The Kier molecular flexibility index (Phi) is 3.17. The average molecular weight is 278 g/mol. The molecule has 1 saturated heterocycles. The van der Waals surface area contributed by atoms with Gasteiger partial charge in [-0.05, 0) is 24.1 Å². The van der Waals surface area contributed by atoms with E-state index in [1.807, 2.05) is 23.1 Å². The van der Waals surface area contributed by atoms with Gasteiger partial charge in [0.05, 0.1) is 11.7 Å². The first-order chi connectivity index (χ1) is 9.13. The predicted molar refractivity (Wildman–Crippen MR) is 71.8 cm³/mol. The van der Waals surface area contributed by atoms with Crippen LogP contribution in [0.15, 0.2) is 18.2 Å². The Bertz CT molecular complexity index is 615. The second-order valence-electron chi connectivity index (χ2n) is 4.87. The van der Waals surface area contributed by atoms with Crippen LogP contribution in [0.25, 0.3) is 11.0 Å². The summed E-state index contributed by atoms with van der Waals surface area (Å²) in [6.45, 7) is 1.20. The zero-order valence-electron chi connectivity index (χ0n) is 10.2. The molecule has 3 N–H and O–H groups in total. The highest BCUT2D eigenvalue weighted by molar-refractivity contribution is 7.00. The van der Waals surface area contributed by atoms with Crippen LogP contribution in [0.4, 0.5) is 0 Å². The zero-order chi connectivity index (χ0) is 13.4. The van der Waals surface area contributed by atoms with Gasteiger partial charge in [0.15, 0.2) is 0 Å². The van der Waals surface area contributed by atoms with Gasteiger partial charge in [0.25, 0.3) is 0 Å². The van der Waals surface area contributed by atoms with Gasteiger partial charge in [-0.25, -0.2) is 0 Å². The van der Waals surface area contributed by atoms with Crippen LogP contribution >= 0.6 is 11.7 Å². The summed E-state index contributed by atoms with van der Waals surface area (Å²) in [5, 5.41) is 9.20. The normalized spacial score (nSPS) is 24.1. The van der Waals surface area contributed by atoms with Gasteiger partial charge in [-0.3, -0.25) is 9.69 Å². The third-order valence-electron chi connectivity index (χ3n) is 3.42. The number of hydrogen-bond donors (Lipinski definition) is 2. The fraction of sp³-hybridized carbons (Fsp3) is 0.417. The molecule has 0 spiro atoms. The largest absolute Gasteiger partial charge is 0.480 e. The summed E-state index contributed by atoms with van der Waals surface area (Å²) in [7, 11) is 0. The molecular weight excluding hydrogens is 264 g/mol. The zero-order valence-corrected chi connectivity index (χ0v) is 11.0. The standard InChI is InChI=1S/C12H14N4O2S/c13-8-4-11(12(17)18)16(6-8)5-7-1-2-9-10(3-7)15-19-14-9/h1-3,8,11H,4-6,13H2,(H,17,18)/t8-,11-/m0/s1. The maximum atomic E-state index is 11.2. The van der Waals surface area contributed by atoms with Gasteiger partial charge in [-0.1, -0.05) is 6.07 Å². The van der Waals surface area contributed by atoms with Crippen LogP contribution < -0.4 is 5.73 Å². The smallest absolute Gasteiger partial charge is 0.320 e. The molecule has 6 nitrogen and oxygen atoms in total. The lowest BCUT2D eigenvalue weighted by molar-refractivity contribution is -0.142. The molecule has 1 fully saturated rings. The summed E-state index contributed by atoms with van der Waals surface area (Å²) in [4.78, 5) is 13.1. The van der Waals surface area contributed by atoms with E-state index in [4.69, 9.17) is 5.73 Å². The first kappa shape index (κ1) is 12.5. The van der Waals surface area contributed by atoms with Crippen molar-refractivity contribution < 1.29 is 9.90 Å². The minimum Gasteiger partial charge on any atom is -0.480 e. The molecule has 7 heteroatoms. The Hall–Kier alpha value is -1.57. The molecule has 3 rings (SSSR count). The van der Waals surface area contributed by atoms with Crippen LogP contribution in [0.2, 0.25) is 0 Å². The number of aliphatic carboxylic acids is 1. The molecule has 100 valence electrons. The van der Waals surface area contributed by atoms with E-state index < -0.39 is 12.0 Å². The quantitative estimate of drug-likeness (QED) is 0.857. The van der Waals surface area contributed by atoms with Gasteiger partial charge < -0.3 is 10.8 Å². The van der Waals surface area contributed by atoms with Crippen LogP contribution in [-0.4, -0.2) is 43.4 Å². The number of hydrogen-bond acceptors (Lipinski definition) is 6. The molecular formula is C12H14N4O2S. The number of rotatable bonds is 3. The summed E-state index contributed by atoms with van der Waals surface area (Å²) in [6, 6.07) is 5.29. The minimum atomic E-state index is -0.802. The van der Waals surface area contributed by atoms with Crippen LogP contribution in [0.3, 0.4) is 0 Å². The molecule has 0 radical (unpaired) electrons. The molecule has 19 heavy (non-hydrogen) atoms. The predicted octanol–water partition coefficient (Wildman–Crippen LogP) is 0.677. The number of likely N-dealkylation sites (tertiary alicyclic amines) is 1. The van der Waals surface area contributed by atoms with E-state index in [0.29, 0.717) is 19.5 Å². The Labute approximate surface area is 114 Å². The lowest BCUT2D eigenvalue weighted by Gasteiger charge is -2.20. The lowest BCUT2D eigenvalue weighted by Crippen LogP contribution is -2.35. The third kappa shape index (κ3) is 2.44. The van der Waals surface area contributed by atoms with Crippen molar-refractivity contribution in [2.45, 2.75) is 25.0 Å². The van der Waals surface area contributed by atoms with Crippen molar-refractivity contribution in [2.24, 2.45) is 5.73 Å². The molecule has 2 atom stereocenters. The van der Waals surface area contributed by atoms with Crippen LogP contribution in [0.1, 0.15) is 12.0 Å².